The summed E-state index contributed by atoms with van der Waals surface area (Å²) in [7, 11) is 0. The highest BCUT2D eigenvalue weighted by molar-refractivity contribution is 5.80. The molecular weight excluding hydrogens is 264 g/mol. The first-order chi connectivity index (χ1) is 10.1. The van der Waals surface area contributed by atoms with Crippen molar-refractivity contribution in [2.24, 2.45) is 0 Å². The SMILES string of the molecule is CC(O)c1nc2cc(N)ccc2n1C1CCN(C2CC2)C1. The predicted molar refractivity (Wildman–Crippen MR) is 83.0 cm³/mol. The van der Waals surface area contributed by atoms with Gasteiger partial charge in [-0.25, -0.2) is 4.98 Å². The average Bonchev–Trinajstić information content (AvgIpc) is 3.06. The molecule has 4 rings (SSSR count). The monoisotopic (exact) mass is 286 g/mol. The Kier molecular flexibility index (Phi) is 2.94. The standard InChI is InChI=1S/C16H22N4O/c1-10(21)16-18-14-8-11(17)2-5-15(14)20(16)13-6-7-19(9-13)12-3-4-12/h2,5,8,10,12-13,21H,3-4,6-7,9,17H2,1H3. The molecule has 0 amide bonds. The van der Waals surface area contributed by atoms with Crippen LogP contribution in [-0.2, 0) is 0 Å². The van der Waals surface area contributed by atoms with E-state index in [1.54, 1.807) is 6.92 Å². The molecule has 0 bridgehead atoms. The lowest BCUT2D eigenvalue weighted by molar-refractivity contribution is 0.181. The molecule has 0 spiro atoms. The van der Waals surface area contributed by atoms with Crippen molar-refractivity contribution in [2.45, 2.75) is 44.4 Å². The molecule has 0 radical (unpaired) electrons. The zero-order valence-electron chi connectivity index (χ0n) is 12.4. The van der Waals surface area contributed by atoms with E-state index >= 15 is 0 Å². The summed E-state index contributed by atoms with van der Waals surface area (Å²) < 4.78 is 2.24. The molecule has 2 atom stereocenters. The molecule has 2 aromatic rings. The molecule has 1 aromatic carbocycles. The highest BCUT2D eigenvalue weighted by Gasteiger charge is 2.36. The number of benzene rings is 1. The second-order valence-electron chi connectivity index (χ2n) is 6.43. The summed E-state index contributed by atoms with van der Waals surface area (Å²) in [5, 5.41) is 10.1. The van der Waals surface area contributed by atoms with Gasteiger partial charge in [-0.2, -0.15) is 0 Å². The van der Waals surface area contributed by atoms with Gasteiger partial charge in [0.15, 0.2) is 0 Å². The number of nitrogens with zero attached hydrogens (tertiary/aromatic N) is 3. The van der Waals surface area contributed by atoms with Gasteiger partial charge >= 0.3 is 0 Å². The first-order valence-electron chi connectivity index (χ1n) is 7.83. The smallest absolute Gasteiger partial charge is 0.138 e. The van der Waals surface area contributed by atoms with Crippen molar-refractivity contribution in [2.75, 3.05) is 18.8 Å². The van der Waals surface area contributed by atoms with Crippen LogP contribution >= 0.6 is 0 Å². The van der Waals surface area contributed by atoms with Gasteiger partial charge in [-0.3, -0.25) is 4.90 Å². The number of aromatic nitrogens is 2. The Hall–Kier alpha value is -1.59. The van der Waals surface area contributed by atoms with Crippen molar-refractivity contribution in [3.63, 3.8) is 0 Å². The third-order valence-electron chi connectivity index (χ3n) is 4.74. The number of likely N-dealkylation sites (tertiary alicyclic amines) is 1. The Balaban J connectivity index is 1.76. The van der Waals surface area contributed by atoms with E-state index in [0.717, 1.165) is 48.1 Å². The Labute approximate surface area is 124 Å². The Morgan fingerprint density at radius 3 is 2.81 bits per heavy atom. The van der Waals surface area contributed by atoms with Crippen LogP contribution in [0.2, 0.25) is 0 Å². The number of hydrogen-bond acceptors (Lipinski definition) is 4. The van der Waals surface area contributed by atoms with Crippen LogP contribution in [0.3, 0.4) is 0 Å². The molecule has 3 N–H and O–H groups in total. The van der Waals surface area contributed by atoms with Gasteiger partial charge in [-0.05, 0) is 44.4 Å². The van der Waals surface area contributed by atoms with Crippen molar-refractivity contribution in [1.82, 2.24) is 14.5 Å². The van der Waals surface area contributed by atoms with Crippen LogP contribution in [0.1, 0.15) is 44.2 Å². The lowest BCUT2D eigenvalue weighted by Crippen LogP contribution is -2.24. The molecule has 21 heavy (non-hydrogen) atoms. The number of nitrogens with two attached hydrogens (primary N) is 1. The van der Waals surface area contributed by atoms with E-state index < -0.39 is 6.10 Å². The zero-order valence-corrected chi connectivity index (χ0v) is 12.4. The fraction of sp³-hybridized carbons (Fsp3) is 0.562. The van der Waals surface area contributed by atoms with Crippen LogP contribution < -0.4 is 5.73 Å². The van der Waals surface area contributed by atoms with Crippen molar-refractivity contribution in [3.8, 4) is 0 Å². The van der Waals surface area contributed by atoms with E-state index in [0.29, 0.717) is 6.04 Å². The zero-order chi connectivity index (χ0) is 14.6. The second kappa shape index (κ2) is 4.71. The van der Waals surface area contributed by atoms with Gasteiger partial charge < -0.3 is 15.4 Å². The highest BCUT2D eigenvalue weighted by Crippen LogP contribution is 2.36. The Morgan fingerprint density at radius 1 is 1.29 bits per heavy atom. The molecule has 1 saturated carbocycles. The van der Waals surface area contributed by atoms with E-state index in [1.807, 2.05) is 18.2 Å². The number of aliphatic hydroxyl groups is 1. The van der Waals surface area contributed by atoms with Crippen molar-refractivity contribution in [3.05, 3.63) is 24.0 Å². The molecule has 5 heteroatoms. The van der Waals surface area contributed by atoms with Gasteiger partial charge in [-0.15, -0.1) is 0 Å². The maximum atomic E-state index is 10.1. The highest BCUT2D eigenvalue weighted by atomic mass is 16.3. The van der Waals surface area contributed by atoms with Gasteiger partial charge in [0, 0.05) is 30.9 Å². The molecule has 2 heterocycles. The van der Waals surface area contributed by atoms with Crippen LogP contribution in [0.5, 0.6) is 0 Å². The number of anilines is 1. The summed E-state index contributed by atoms with van der Waals surface area (Å²) in [6.45, 7) is 4.01. The van der Waals surface area contributed by atoms with E-state index in [4.69, 9.17) is 5.73 Å². The summed E-state index contributed by atoms with van der Waals surface area (Å²) in [5.41, 5.74) is 8.55. The third kappa shape index (κ3) is 2.21. The number of nitrogen functional groups attached to an aromatic ring is 1. The molecule has 2 fully saturated rings. The normalized spacial score (nSPS) is 24.8. The molecule has 2 unspecified atom stereocenters. The molecule has 2 aliphatic rings. The summed E-state index contributed by atoms with van der Waals surface area (Å²) in [4.78, 5) is 7.20. The van der Waals surface area contributed by atoms with E-state index in [2.05, 4.69) is 14.5 Å². The maximum absolute atomic E-state index is 10.1. The minimum atomic E-state index is -0.561. The third-order valence-corrected chi connectivity index (χ3v) is 4.74. The molecule has 5 nitrogen and oxygen atoms in total. The second-order valence-corrected chi connectivity index (χ2v) is 6.43. The lowest BCUT2D eigenvalue weighted by atomic mass is 10.2. The minimum absolute atomic E-state index is 0.406. The van der Waals surface area contributed by atoms with Gasteiger partial charge in [0.05, 0.1) is 11.0 Å². The Morgan fingerprint density at radius 2 is 2.10 bits per heavy atom. The molecule has 1 aromatic heterocycles. The first kappa shape index (κ1) is 13.1. The molecule has 1 saturated heterocycles. The van der Waals surface area contributed by atoms with Crippen LogP contribution in [0.25, 0.3) is 11.0 Å². The summed E-state index contributed by atoms with van der Waals surface area (Å²) >= 11 is 0. The average molecular weight is 286 g/mol. The van der Waals surface area contributed by atoms with Crippen LogP contribution in [0, 0.1) is 0 Å². The first-order valence-corrected chi connectivity index (χ1v) is 7.83. The van der Waals surface area contributed by atoms with Crippen LogP contribution in [0.4, 0.5) is 5.69 Å². The van der Waals surface area contributed by atoms with Crippen LogP contribution in [-0.4, -0.2) is 38.7 Å². The number of fused-ring (bicyclic) bond motifs is 1. The fourth-order valence-corrected chi connectivity index (χ4v) is 3.56. The van der Waals surface area contributed by atoms with Gasteiger partial charge in [-0.1, -0.05) is 0 Å². The van der Waals surface area contributed by atoms with Crippen molar-refractivity contribution in [1.29, 1.82) is 0 Å². The largest absolute Gasteiger partial charge is 0.399 e. The van der Waals surface area contributed by atoms with Gasteiger partial charge in [0.2, 0.25) is 0 Å². The summed E-state index contributed by atoms with van der Waals surface area (Å²) in [6.07, 6.45) is 3.26. The topological polar surface area (TPSA) is 67.3 Å². The number of aliphatic hydroxyl groups excluding tert-OH is 1. The molecule has 1 aliphatic carbocycles. The van der Waals surface area contributed by atoms with E-state index in [9.17, 15) is 5.11 Å². The van der Waals surface area contributed by atoms with Crippen molar-refractivity contribution >= 4 is 16.7 Å². The number of imidazole rings is 1. The van der Waals surface area contributed by atoms with E-state index in [1.165, 1.54) is 12.8 Å². The molecular formula is C16H22N4O. The molecule has 1 aliphatic heterocycles. The van der Waals surface area contributed by atoms with Crippen LogP contribution in [0.15, 0.2) is 18.2 Å². The maximum Gasteiger partial charge on any atom is 0.138 e. The van der Waals surface area contributed by atoms with Gasteiger partial charge in [0.1, 0.15) is 11.9 Å². The summed E-state index contributed by atoms with van der Waals surface area (Å²) in [6, 6.07) is 7.05. The van der Waals surface area contributed by atoms with Gasteiger partial charge in [0.25, 0.3) is 0 Å². The predicted octanol–water partition coefficient (Wildman–Crippen LogP) is 2.08. The minimum Gasteiger partial charge on any atom is -0.399 e. The fourth-order valence-electron chi connectivity index (χ4n) is 3.56. The van der Waals surface area contributed by atoms with Crippen molar-refractivity contribution < 1.29 is 5.11 Å². The molecule has 112 valence electrons. The Bertz CT molecular complexity index is 674. The summed E-state index contributed by atoms with van der Waals surface area (Å²) in [5.74, 6) is 0.762. The number of hydrogen-bond donors (Lipinski definition) is 2. The quantitative estimate of drug-likeness (QED) is 0.848. The number of rotatable bonds is 3. The van der Waals surface area contributed by atoms with E-state index in [-0.39, 0.29) is 0 Å². The lowest BCUT2D eigenvalue weighted by Gasteiger charge is -2.19.